The number of benzene rings is 3. The zero-order valence-corrected chi connectivity index (χ0v) is 17.3. The standard InChI is InChI=1S/C24H16F3N3OS/c25-24(26,27)16-12-10-15(11-13-16)21-19(22-28-17-8-4-5-9-18(17)32-22)20(29-23(31)30-21)14-6-2-1-3-7-14/h1-13,21H,(H2,29,30,31). The minimum atomic E-state index is -4.43. The van der Waals surface area contributed by atoms with E-state index >= 15 is 0 Å². The first-order valence-corrected chi connectivity index (χ1v) is 10.6. The number of carbonyl (C=O) groups excluding carboxylic acids is 1. The molecule has 4 nitrogen and oxygen atoms in total. The highest BCUT2D eigenvalue weighted by Crippen LogP contribution is 2.41. The molecule has 0 bridgehead atoms. The summed E-state index contributed by atoms with van der Waals surface area (Å²) < 4.78 is 40.2. The van der Waals surface area contributed by atoms with E-state index in [4.69, 9.17) is 4.98 Å². The molecule has 1 unspecified atom stereocenters. The van der Waals surface area contributed by atoms with Crippen molar-refractivity contribution in [3.05, 3.63) is 101 Å². The maximum absolute atomic E-state index is 13.1. The van der Waals surface area contributed by atoms with E-state index in [0.717, 1.165) is 27.9 Å². The summed E-state index contributed by atoms with van der Waals surface area (Å²) in [6.45, 7) is 0. The van der Waals surface area contributed by atoms with Crippen molar-refractivity contribution < 1.29 is 18.0 Å². The van der Waals surface area contributed by atoms with Gasteiger partial charge in [0.05, 0.1) is 27.5 Å². The summed E-state index contributed by atoms with van der Waals surface area (Å²) in [7, 11) is 0. The van der Waals surface area contributed by atoms with Gasteiger partial charge in [-0.15, -0.1) is 11.3 Å². The Morgan fingerprint density at radius 2 is 1.56 bits per heavy atom. The Hall–Kier alpha value is -3.65. The Labute approximate surface area is 185 Å². The Morgan fingerprint density at radius 3 is 2.25 bits per heavy atom. The van der Waals surface area contributed by atoms with Gasteiger partial charge in [0.25, 0.3) is 0 Å². The number of urea groups is 1. The molecule has 160 valence electrons. The lowest BCUT2D eigenvalue weighted by Crippen LogP contribution is -2.43. The van der Waals surface area contributed by atoms with Gasteiger partial charge in [0.15, 0.2) is 0 Å². The lowest BCUT2D eigenvalue weighted by molar-refractivity contribution is -0.137. The van der Waals surface area contributed by atoms with Gasteiger partial charge in [0, 0.05) is 5.57 Å². The third-order valence-electron chi connectivity index (χ3n) is 5.23. The average Bonchev–Trinajstić information content (AvgIpc) is 3.22. The highest BCUT2D eigenvalue weighted by molar-refractivity contribution is 7.19. The molecule has 1 atom stereocenters. The van der Waals surface area contributed by atoms with Crippen molar-refractivity contribution in [2.45, 2.75) is 12.2 Å². The first-order chi connectivity index (χ1) is 15.4. The van der Waals surface area contributed by atoms with Crippen molar-refractivity contribution in [1.29, 1.82) is 0 Å². The third kappa shape index (κ3) is 3.73. The molecular weight excluding hydrogens is 435 g/mol. The van der Waals surface area contributed by atoms with E-state index in [2.05, 4.69) is 10.6 Å². The van der Waals surface area contributed by atoms with Crippen LogP contribution in [0.3, 0.4) is 0 Å². The van der Waals surface area contributed by atoms with Crippen molar-refractivity contribution in [2.75, 3.05) is 0 Å². The predicted molar refractivity (Wildman–Crippen MR) is 119 cm³/mol. The number of aromatic nitrogens is 1. The maximum atomic E-state index is 13.1. The molecule has 0 saturated carbocycles. The molecule has 32 heavy (non-hydrogen) atoms. The fourth-order valence-corrected chi connectivity index (χ4v) is 4.78. The van der Waals surface area contributed by atoms with Gasteiger partial charge in [0.2, 0.25) is 0 Å². The second-order valence-corrected chi connectivity index (χ2v) is 8.32. The SMILES string of the molecule is O=C1NC(c2ccccc2)=C(c2nc3ccccc3s2)C(c2ccc(C(F)(F)F)cc2)N1. The maximum Gasteiger partial charge on any atom is 0.416 e. The Morgan fingerprint density at radius 1 is 0.875 bits per heavy atom. The molecule has 0 radical (unpaired) electrons. The summed E-state index contributed by atoms with van der Waals surface area (Å²) in [6, 6.07) is 20.8. The molecule has 5 rings (SSSR count). The zero-order valence-electron chi connectivity index (χ0n) is 16.5. The summed E-state index contributed by atoms with van der Waals surface area (Å²) in [5.74, 6) is 0. The quantitative estimate of drug-likeness (QED) is 0.388. The number of nitrogens with zero attached hydrogens (tertiary/aromatic N) is 1. The molecule has 0 spiro atoms. The minimum absolute atomic E-state index is 0.432. The molecule has 1 aliphatic rings. The number of thiazole rings is 1. The number of para-hydroxylation sites is 1. The number of halogens is 3. The van der Waals surface area contributed by atoms with E-state index in [1.807, 2.05) is 54.6 Å². The Balaban J connectivity index is 1.71. The van der Waals surface area contributed by atoms with Crippen molar-refractivity contribution in [3.63, 3.8) is 0 Å². The van der Waals surface area contributed by atoms with Gasteiger partial charge < -0.3 is 10.6 Å². The lowest BCUT2D eigenvalue weighted by Gasteiger charge is -2.30. The van der Waals surface area contributed by atoms with Crippen LogP contribution < -0.4 is 10.6 Å². The molecule has 0 fully saturated rings. The van der Waals surface area contributed by atoms with E-state index in [-0.39, 0.29) is 0 Å². The van der Waals surface area contributed by atoms with Gasteiger partial charge in [-0.3, -0.25) is 0 Å². The largest absolute Gasteiger partial charge is 0.416 e. The number of alkyl halides is 3. The van der Waals surface area contributed by atoms with E-state index < -0.39 is 23.8 Å². The van der Waals surface area contributed by atoms with E-state index in [1.165, 1.54) is 23.5 Å². The number of amides is 2. The van der Waals surface area contributed by atoms with Gasteiger partial charge in [-0.2, -0.15) is 13.2 Å². The number of carbonyl (C=O) groups is 1. The fourth-order valence-electron chi connectivity index (χ4n) is 3.73. The zero-order chi connectivity index (χ0) is 22.3. The third-order valence-corrected chi connectivity index (χ3v) is 6.30. The van der Waals surface area contributed by atoms with Crippen LogP contribution in [0.15, 0.2) is 78.9 Å². The number of hydrogen-bond donors (Lipinski definition) is 2. The first kappa shape index (κ1) is 20.3. The highest BCUT2D eigenvalue weighted by atomic mass is 32.1. The van der Waals surface area contributed by atoms with Crippen LogP contribution in [-0.2, 0) is 6.18 Å². The second-order valence-electron chi connectivity index (χ2n) is 7.29. The number of fused-ring (bicyclic) bond motifs is 1. The van der Waals surface area contributed by atoms with Crippen molar-refractivity contribution in [3.8, 4) is 0 Å². The number of rotatable bonds is 3. The number of nitrogens with one attached hydrogen (secondary N) is 2. The van der Waals surface area contributed by atoms with Gasteiger partial charge in [-0.25, -0.2) is 9.78 Å². The van der Waals surface area contributed by atoms with Crippen LogP contribution in [0, 0.1) is 0 Å². The van der Waals surface area contributed by atoms with Gasteiger partial charge in [-0.05, 0) is 35.4 Å². The van der Waals surface area contributed by atoms with Crippen LogP contribution in [0.25, 0.3) is 21.5 Å². The molecule has 8 heteroatoms. The van der Waals surface area contributed by atoms with Crippen LogP contribution in [0.4, 0.5) is 18.0 Å². The van der Waals surface area contributed by atoms with Crippen molar-refractivity contribution >= 4 is 38.9 Å². The van der Waals surface area contributed by atoms with Crippen LogP contribution in [0.2, 0.25) is 0 Å². The highest BCUT2D eigenvalue weighted by Gasteiger charge is 2.34. The Bertz CT molecular complexity index is 1300. The summed E-state index contributed by atoms with van der Waals surface area (Å²) in [5.41, 5.74) is 2.69. The van der Waals surface area contributed by atoms with Crippen LogP contribution in [0.5, 0.6) is 0 Å². The van der Waals surface area contributed by atoms with Crippen molar-refractivity contribution in [1.82, 2.24) is 15.6 Å². The Kier molecular flexibility index (Phi) is 4.94. The van der Waals surface area contributed by atoms with E-state index in [0.29, 0.717) is 21.8 Å². The average molecular weight is 451 g/mol. The second kappa shape index (κ2) is 7.80. The molecule has 3 aromatic carbocycles. The van der Waals surface area contributed by atoms with Gasteiger partial charge in [-0.1, -0.05) is 54.6 Å². The van der Waals surface area contributed by atoms with Gasteiger partial charge >= 0.3 is 12.2 Å². The molecule has 1 aliphatic heterocycles. The van der Waals surface area contributed by atoms with E-state index in [9.17, 15) is 18.0 Å². The molecule has 2 N–H and O–H groups in total. The van der Waals surface area contributed by atoms with Crippen LogP contribution in [0.1, 0.15) is 27.7 Å². The molecule has 2 heterocycles. The summed E-state index contributed by atoms with van der Waals surface area (Å²) in [5, 5.41) is 6.42. The molecule has 1 aromatic heterocycles. The lowest BCUT2D eigenvalue weighted by atomic mass is 9.92. The van der Waals surface area contributed by atoms with Crippen LogP contribution >= 0.6 is 11.3 Å². The smallest absolute Gasteiger partial charge is 0.327 e. The molecule has 0 aliphatic carbocycles. The molecular formula is C24H16F3N3OS. The van der Waals surface area contributed by atoms with Crippen LogP contribution in [-0.4, -0.2) is 11.0 Å². The summed E-state index contributed by atoms with van der Waals surface area (Å²) in [4.78, 5) is 17.3. The monoisotopic (exact) mass is 451 g/mol. The fraction of sp³-hybridized carbons (Fsp3) is 0.0833. The first-order valence-electron chi connectivity index (χ1n) is 9.80. The summed E-state index contributed by atoms with van der Waals surface area (Å²) in [6.07, 6.45) is -4.43. The van der Waals surface area contributed by atoms with Gasteiger partial charge in [0.1, 0.15) is 5.01 Å². The molecule has 0 saturated heterocycles. The van der Waals surface area contributed by atoms with Crippen molar-refractivity contribution in [2.24, 2.45) is 0 Å². The topological polar surface area (TPSA) is 54.0 Å². The minimum Gasteiger partial charge on any atom is -0.327 e. The number of hydrogen-bond acceptors (Lipinski definition) is 3. The summed E-state index contributed by atoms with van der Waals surface area (Å²) >= 11 is 1.47. The normalized spacial score (nSPS) is 16.7. The predicted octanol–water partition coefficient (Wildman–Crippen LogP) is 6.24. The van der Waals surface area contributed by atoms with E-state index in [1.54, 1.807) is 0 Å². The molecule has 2 amide bonds. The molecule has 4 aromatic rings.